The van der Waals surface area contributed by atoms with Gasteiger partial charge in [0, 0.05) is 35.0 Å². The first kappa shape index (κ1) is 27.0. The zero-order valence-electron chi connectivity index (χ0n) is 25.3. The lowest BCUT2D eigenvalue weighted by atomic mass is 9.33. The number of hydrogen-bond acceptors (Lipinski definition) is 2. The number of benzene rings is 6. The highest BCUT2D eigenvalue weighted by molar-refractivity contribution is 7.00. The molecule has 214 valence electrons. The van der Waals surface area contributed by atoms with Gasteiger partial charge in [-0.15, -0.1) is 0 Å². The number of para-hydroxylation sites is 1. The molecule has 0 radical (unpaired) electrons. The second-order valence-corrected chi connectivity index (χ2v) is 11.7. The van der Waals surface area contributed by atoms with Gasteiger partial charge in [-0.3, -0.25) is 0 Å². The fourth-order valence-electron chi connectivity index (χ4n) is 7.04. The predicted octanol–water partition coefficient (Wildman–Crippen LogP) is 8.90. The molecule has 0 fully saturated rings. The van der Waals surface area contributed by atoms with Crippen molar-refractivity contribution in [1.29, 1.82) is 0 Å². The van der Waals surface area contributed by atoms with Crippen molar-refractivity contribution in [1.82, 2.24) is 0 Å². The van der Waals surface area contributed by atoms with Crippen LogP contribution in [-0.2, 0) is 0 Å². The summed E-state index contributed by atoms with van der Waals surface area (Å²) in [5, 5.41) is 0. The molecule has 0 saturated heterocycles. The molecule has 6 aromatic carbocycles. The highest BCUT2D eigenvalue weighted by Crippen LogP contribution is 2.42. The van der Waals surface area contributed by atoms with Crippen LogP contribution in [0.4, 0.5) is 28.4 Å². The van der Waals surface area contributed by atoms with Crippen molar-refractivity contribution in [2.45, 2.75) is 6.92 Å². The van der Waals surface area contributed by atoms with Crippen molar-refractivity contribution in [3.8, 4) is 22.3 Å². The van der Waals surface area contributed by atoms with E-state index < -0.39 is 0 Å². The van der Waals surface area contributed by atoms with Crippen molar-refractivity contribution < 1.29 is 0 Å². The van der Waals surface area contributed by atoms with Gasteiger partial charge in [-0.2, -0.15) is 0 Å². The lowest BCUT2D eigenvalue weighted by Gasteiger charge is -2.44. The third-order valence-corrected chi connectivity index (χ3v) is 9.05. The Morgan fingerprint density at radius 3 is 1.73 bits per heavy atom. The molecule has 2 heterocycles. The van der Waals surface area contributed by atoms with Crippen LogP contribution in [-0.4, -0.2) is 13.3 Å². The van der Waals surface area contributed by atoms with E-state index in [0.717, 1.165) is 6.54 Å². The fourth-order valence-corrected chi connectivity index (χ4v) is 7.04. The average molecular weight is 577 g/mol. The smallest absolute Gasteiger partial charge is 0.252 e. The highest BCUT2D eigenvalue weighted by atomic mass is 15.2. The molecule has 0 aliphatic carbocycles. The number of nitrogens with zero attached hydrogens (tertiary/aromatic N) is 2. The number of rotatable bonds is 6. The molecule has 2 aliphatic rings. The van der Waals surface area contributed by atoms with Crippen molar-refractivity contribution >= 4 is 51.5 Å². The summed E-state index contributed by atoms with van der Waals surface area (Å²) in [5.74, 6) is 0. The molecular formula is C42H33BN2. The molecule has 8 rings (SSSR count). The summed E-state index contributed by atoms with van der Waals surface area (Å²) < 4.78 is 0. The summed E-state index contributed by atoms with van der Waals surface area (Å²) in [4.78, 5) is 4.97. The summed E-state index contributed by atoms with van der Waals surface area (Å²) in [6.07, 6.45) is 8.59. The topological polar surface area (TPSA) is 6.48 Å². The quantitative estimate of drug-likeness (QED) is 0.144. The van der Waals surface area contributed by atoms with Gasteiger partial charge in [0.25, 0.3) is 6.71 Å². The zero-order chi connectivity index (χ0) is 30.2. The van der Waals surface area contributed by atoms with Crippen LogP contribution in [0.15, 0.2) is 170 Å². The summed E-state index contributed by atoms with van der Waals surface area (Å²) >= 11 is 0. The summed E-state index contributed by atoms with van der Waals surface area (Å²) in [6.45, 7) is 2.96. The Bertz CT molecular complexity index is 2050. The minimum absolute atomic E-state index is 0.117. The highest BCUT2D eigenvalue weighted by Gasteiger charge is 2.42. The molecule has 0 aromatic heterocycles. The Morgan fingerprint density at radius 2 is 1.09 bits per heavy atom. The van der Waals surface area contributed by atoms with Gasteiger partial charge >= 0.3 is 0 Å². The maximum atomic E-state index is 2.50. The number of fused-ring (bicyclic) bond motifs is 4. The van der Waals surface area contributed by atoms with Crippen LogP contribution in [0.2, 0.25) is 0 Å². The van der Waals surface area contributed by atoms with Crippen LogP contribution >= 0.6 is 0 Å². The van der Waals surface area contributed by atoms with E-state index >= 15 is 0 Å². The van der Waals surface area contributed by atoms with Crippen molar-refractivity contribution in [3.05, 3.63) is 170 Å². The van der Waals surface area contributed by atoms with Gasteiger partial charge in [-0.25, -0.2) is 0 Å². The summed E-state index contributed by atoms with van der Waals surface area (Å²) in [6, 6.07) is 53.2. The molecule has 2 nitrogen and oxygen atoms in total. The Morgan fingerprint density at radius 1 is 0.511 bits per heavy atom. The average Bonchev–Trinajstić information content (AvgIpc) is 3.11. The van der Waals surface area contributed by atoms with E-state index in [1.54, 1.807) is 0 Å². The second kappa shape index (κ2) is 11.5. The van der Waals surface area contributed by atoms with E-state index in [0.29, 0.717) is 0 Å². The van der Waals surface area contributed by atoms with E-state index in [-0.39, 0.29) is 6.71 Å². The minimum Gasteiger partial charge on any atom is -0.338 e. The maximum absolute atomic E-state index is 2.50. The van der Waals surface area contributed by atoms with Gasteiger partial charge in [-0.1, -0.05) is 133 Å². The van der Waals surface area contributed by atoms with Gasteiger partial charge in [0.05, 0.1) is 0 Å². The molecule has 3 heteroatoms. The number of hydrogen-bond donors (Lipinski definition) is 0. The van der Waals surface area contributed by atoms with Gasteiger partial charge < -0.3 is 9.80 Å². The molecule has 0 spiro atoms. The van der Waals surface area contributed by atoms with Crippen LogP contribution in [0.5, 0.6) is 0 Å². The summed E-state index contributed by atoms with van der Waals surface area (Å²) in [7, 11) is 0. The first-order valence-corrected chi connectivity index (χ1v) is 15.7. The van der Waals surface area contributed by atoms with Gasteiger partial charge in [0.1, 0.15) is 0 Å². The Balaban J connectivity index is 1.39. The van der Waals surface area contributed by atoms with E-state index in [9.17, 15) is 0 Å². The molecule has 45 heavy (non-hydrogen) atoms. The summed E-state index contributed by atoms with van der Waals surface area (Å²) in [5.41, 5.74) is 15.1. The largest absolute Gasteiger partial charge is 0.338 e. The molecular weight excluding hydrogens is 543 g/mol. The van der Waals surface area contributed by atoms with Crippen molar-refractivity contribution in [2.75, 3.05) is 16.3 Å². The molecule has 0 saturated carbocycles. The Kier molecular flexibility index (Phi) is 6.92. The van der Waals surface area contributed by atoms with Gasteiger partial charge in [0.15, 0.2) is 0 Å². The molecule has 6 aromatic rings. The first-order chi connectivity index (χ1) is 22.3. The third kappa shape index (κ3) is 4.69. The predicted molar refractivity (Wildman–Crippen MR) is 194 cm³/mol. The SMILES string of the molecule is C/C=C\C=C/CN1c2cc(-c3ccccc3)ccc2B2c3ccc(-c4ccccc4)cc3N(c3ccccc3)c3cccc1c32. The van der Waals surface area contributed by atoms with E-state index in [1.165, 1.54) is 67.1 Å². The zero-order valence-corrected chi connectivity index (χ0v) is 25.3. The van der Waals surface area contributed by atoms with Gasteiger partial charge in [0.2, 0.25) is 0 Å². The van der Waals surface area contributed by atoms with Crippen LogP contribution < -0.4 is 26.2 Å². The molecule has 2 aliphatic heterocycles. The number of anilines is 5. The van der Waals surface area contributed by atoms with Crippen LogP contribution in [0.25, 0.3) is 22.3 Å². The van der Waals surface area contributed by atoms with Crippen LogP contribution in [0.3, 0.4) is 0 Å². The van der Waals surface area contributed by atoms with Crippen LogP contribution in [0, 0.1) is 0 Å². The first-order valence-electron chi connectivity index (χ1n) is 15.7. The lowest BCUT2D eigenvalue weighted by molar-refractivity contribution is 1.10. The lowest BCUT2D eigenvalue weighted by Crippen LogP contribution is -2.61. The molecule has 0 bridgehead atoms. The third-order valence-electron chi connectivity index (χ3n) is 9.05. The van der Waals surface area contributed by atoms with Gasteiger partial charge in [-0.05, 0) is 82.0 Å². The molecule has 0 amide bonds. The standard InChI is InChI=1S/C42H33BN2/c1-2-3-4-14-28-44-38-22-15-23-39-42(38)43(36-26-24-33(29-40(36)44)31-16-8-5-9-17-31)37-27-25-34(32-18-10-6-11-19-32)30-41(37)45(39)35-20-12-7-13-21-35/h2-27,29-30H,28H2,1H3/b3-2-,14-4-. The van der Waals surface area contributed by atoms with Crippen molar-refractivity contribution in [2.24, 2.45) is 0 Å². The fraction of sp³-hybridized carbons (Fsp3) is 0.0476. The normalized spacial score (nSPS) is 13.2. The van der Waals surface area contributed by atoms with E-state index in [1.807, 2.05) is 0 Å². The van der Waals surface area contributed by atoms with Crippen molar-refractivity contribution in [3.63, 3.8) is 0 Å². The van der Waals surface area contributed by atoms with E-state index in [2.05, 4.69) is 187 Å². The minimum atomic E-state index is 0.117. The molecule has 0 N–H and O–H groups in total. The van der Waals surface area contributed by atoms with E-state index in [4.69, 9.17) is 0 Å². The number of allylic oxidation sites excluding steroid dienone is 3. The van der Waals surface area contributed by atoms with Crippen LogP contribution in [0.1, 0.15) is 6.92 Å². The Hall–Kier alpha value is -5.54. The Labute approximate surface area is 266 Å². The molecule has 0 unspecified atom stereocenters. The molecule has 0 atom stereocenters. The second-order valence-electron chi connectivity index (χ2n) is 11.7. The maximum Gasteiger partial charge on any atom is 0.252 e. The monoisotopic (exact) mass is 576 g/mol.